The van der Waals surface area contributed by atoms with Gasteiger partial charge < -0.3 is 15.7 Å². The predicted octanol–water partition coefficient (Wildman–Crippen LogP) is 2.15. The number of hydrogen-bond donors (Lipinski definition) is 3. The Kier molecular flexibility index (Phi) is 5.55. The monoisotopic (exact) mass is 311 g/mol. The molecule has 0 spiro atoms. The van der Waals surface area contributed by atoms with Crippen molar-refractivity contribution in [3.8, 4) is 0 Å². The second-order valence-corrected chi connectivity index (χ2v) is 6.50. The molecule has 0 radical (unpaired) electrons. The second-order valence-electron chi connectivity index (χ2n) is 5.30. The Morgan fingerprint density at radius 1 is 1.48 bits per heavy atom. The maximum absolute atomic E-state index is 11.8. The van der Waals surface area contributed by atoms with Crippen LogP contribution < -0.4 is 10.6 Å². The van der Waals surface area contributed by atoms with Crippen molar-refractivity contribution in [2.75, 3.05) is 0 Å². The number of carbonyl (C=O) groups excluding carboxylic acids is 1. The molecule has 0 aromatic carbocycles. The molecule has 1 heterocycles. The normalized spacial score (nSPS) is 21.8. The Balaban J connectivity index is 1.75. The number of carbonyl (C=O) groups is 2. The number of urea groups is 1. The van der Waals surface area contributed by atoms with Gasteiger partial charge in [-0.3, -0.25) is 4.79 Å². The zero-order valence-electron chi connectivity index (χ0n) is 12.1. The fourth-order valence-corrected chi connectivity index (χ4v) is 3.33. The van der Waals surface area contributed by atoms with Gasteiger partial charge in [0.25, 0.3) is 0 Å². The molecule has 1 aromatic rings. The first-order valence-corrected chi connectivity index (χ1v) is 8.11. The molecular formula is C14H21N3O3S. The van der Waals surface area contributed by atoms with Crippen molar-refractivity contribution in [1.29, 1.82) is 0 Å². The largest absolute Gasteiger partial charge is 0.481 e. The van der Waals surface area contributed by atoms with E-state index in [4.69, 9.17) is 5.11 Å². The van der Waals surface area contributed by atoms with E-state index in [0.29, 0.717) is 19.4 Å². The summed E-state index contributed by atoms with van der Waals surface area (Å²) in [5.74, 6) is -1.10. The number of amides is 2. The summed E-state index contributed by atoms with van der Waals surface area (Å²) in [6.07, 6.45) is 5.68. The highest BCUT2D eigenvalue weighted by Gasteiger charge is 2.27. The maximum atomic E-state index is 11.8. The van der Waals surface area contributed by atoms with Gasteiger partial charge in [0, 0.05) is 17.1 Å². The molecule has 0 saturated heterocycles. The Hall–Kier alpha value is -1.63. The minimum absolute atomic E-state index is 0.0534. The number of carboxylic acid groups (broad SMARTS) is 1. The third-order valence-corrected chi connectivity index (χ3v) is 4.85. The summed E-state index contributed by atoms with van der Waals surface area (Å²) < 4.78 is 0. The highest BCUT2D eigenvalue weighted by atomic mass is 32.1. The molecule has 0 aliphatic heterocycles. The van der Waals surface area contributed by atoms with Gasteiger partial charge in [-0.05, 0) is 25.7 Å². The lowest BCUT2D eigenvalue weighted by molar-refractivity contribution is -0.143. The molecule has 1 fully saturated rings. The summed E-state index contributed by atoms with van der Waals surface area (Å²) in [5, 5.41) is 15.6. The number of nitrogens with one attached hydrogen (secondary N) is 2. The van der Waals surface area contributed by atoms with Gasteiger partial charge in [0.05, 0.1) is 12.5 Å². The lowest BCUT2D eigenvalue weighted by Gasteiger charge is -2.27. The van der Waals surface area contributed by atoms with Gasteiger partial charge in [0.15, 0.2) is 0 Å². The van der Waals surface area contributed by atoms with Crippen molar-refractivity contribution in [3.63, 3.8) is 0 Å². The third-order valence-electron chi connectivity index (χ3n) is 3.71. The lowest BCUT2D eigenvalue weighted by Crippen LogP contribution is -2.44. The summed E-state index contributed by atoms with van der Waals surface area (Å²) >= 11 is 1.59. The van der Waals surface area contributed by atoms with E-state index >= 15 is 0 Å². The van der Waals surface area contributed by atoms with Crippen LogP contribution in [0.3, 0.4) is 0 Å². The van der Waals surface area contributed by atoms with Crippen LogP contribution in [0.1, 0.15) is 42.5 Å². The van der Waals surface area contributed by atoms with Crippen molar-refractivity contribution in [2.45, 2.75) is 51.6 Å². The number of thiazole rings is 1. The van der Waals surface area contributed by atoms with E-state index in [1.165, 1.54) is 4.88 Å². The summed E-state index contributed by atoms with van der Waals surface area (Å²) in [6.45, 7) is 2.48. The minimum Gasteiger partial charge on any atom is -0.481 e. The molecule has 1 aliphatic rings. The van der Waals surface area contributed by atoms with Crippen LogP contribution in [0, 0.1) is 5.92 Å². The van der Waals surface area contributed by atoms with Gasteiger partial charge in [0.1, 0.15) is 5.01 Å². The van der Waals surface area contributed by atoms with Crippen LogP contribution in [0.2, 0.25) is 0 Å². The molecule has 1 aromatic heterocycles. The fraction of sp³-hybridized carbons (Fsp3) is 0.643. The Labute approximate surface area is 128 Å². The first-order chi connectivity index (χ1) is 10.1. The second kappa shape index (κ2) is 7.40. The average Bonchev–Trinajstić information content (AvgIpc) is 2.93. The standard InChI is InChI=1S/C14H21N3O3S/c1-2-11-7-15-12(21-11)8-16-14(20)17-10-5-3-4-9(6-10)13(18)19/h7,9-10H,2-6,8H2,1H3,(H,18,19)(H2,16,17,20). The number of aliphatic carboxylic acids is 1. The molecule has 2 rings (SSSR count). The van der Waals surface area contributed by atoms with Gasteiger partial charge in [-0.15, -0.1) is 11.3 Å². The van der Waals surface area contributed by atoms with Crippen LogP contribution >= 0.6 is 11.3 Å². The van der Waals surface area contributed by atoms with Crippen molar-refractivity contribution >= 4 is 23.3 Å². The summed E-state index contributed by atoms with van der Waals surface area (Å²) in [4.78, 5) is 28.3. The van der Waals surface area contributed by atoms with Gasteiger partial charge >= 0.3 is 12.0 Å². The first-order valence-electron chi connectivity index (χ1n) is 7.29. The zero-order chi connectivity index (χ0) is 15.2. The van der Waals surface area contributed by atoms with Crippen LogP contribution in [0.5, 0.6) is 0 Å². The highest BCUT2D eigenvalue weighted by molar-refractivity contribution is 7.11. The highest BCUT2D eigenvalue weighted by Crippen LogP contribution is 2.24. The zero-order valence-corrected chi connectivity index (χ0v) is 12.9. The van der Waals surface area contributed by atoms with E-state index in [1.807, 2.05) is 6.20 Å². The molecule has 7 heteroatoms. The third kappa shape index (κ3) is 4.70. The number of rotatable bonds is 5. The molecular weight excluding hydrogens is 290 g/mol. The first kappa shape index (κ1) is 15.8. The summed E-state index contributed by atoms with van der Waals surface area (Å²) in [6, 6.07) is -0.304. The average molecular weight is 311 g/mol. The fourth-order valence-electron chi connectivity index (χ4n) is 2.53. The number of hydrogen-bond acceptors (Lipinski definition) is 4. The van der Waals surface area contributed by atoms with Crippen molar-refractivity contribution in [1.82, 2.24) is 15.6 Å². The number of nitrogens with zero attached hydrogens (tertiary/aromatic N) is 1. The van der Waals surface area contributed by atoms with E-state index in [9.17, 15) is 9.59 Å². The maximum Gasteiger partial charge on any atom is 0.315 e. The van der Waals surface area contributed by atoms with Crippen molar-refractivity contribution in [3.05, 3.63) is 16.1 Å². The van der Waals surface area contributed by atoms with Crippen LogP contribution in [0.25, 0.3) is 0 Å². The van der Waals surface area contributed by atoms with E-state index in [-0.39, 0.29) is 18.0 Å². The number of aryl methyl sites for hydroxylation is 1. The van der Waals surface area contributed by atoms with Crippen molar-refractivity contribution < 1.29 is 14.7 Å². The molecule has 2 amide bonds. The molecule has 2 unspecified atom stereocenters. The minimum atomic E-state index is -0.767. The Morgan fingerprint density at radius 3 is 2.95 bits per heavy atom. The van der Waals surface area contributed by atoms with Crippen LogP contribution in [-0.4, -0.2) is 28.1 Å². The van der Waals surface area contributed by atoms with Gasteiger partial charge in [-0.2, -0.15) is 0 Å². The van der Waals surface area contributed by atoms with Crippen LogP contribution in [-0.2, 0) is 17.8 Å². The molecule has 3 N–H and O–H groups in total. The molecule has 2 atom stereocenters. The van der Waals surface area contributed by atoms with Crippen LogP contribution in [0.4, 0.5) is 4.79 Å². The van der Waals surface area contributed by atoms with E-state index < -0.39 is 5.97 Å². The SMILES string of the molecule is CCc1cnc(CNC(=O)NC2CCCC(C(=O)O)C2)s1. The van der Waals surface area contributed by atoms with Crippen molar-refractivity contribution in [2.24, 2.45) is 5.92 Å². The quantitative estimate of drug-likeness (QED) is 0.777. The Morgan fingerprint density at radius 2 is 2.29 bits per heavy atom. The smallest absolute Gasteiger partial charge is 0.315 e. The Bertz CT molecular complexity index is 503. The van der Waals surface area contributed by atoms with E-state index in [2.05, 4.69) is 22.5 Å². The summed E-state index contributed by atoms with van der Waals surface area (Å²) in [7, 11) is 0. The van der Waals surface area contributed by atoms with Gasteiger partial charge in [-0.25, -0.2) is 9.78 Å². The molecule has 116 valence electrons. The van der Waals surface area contributed by atoms with Gasteiger partial charge in [0.2, 0.25) is 0 Å². The molecule has 1 saturated carbocycles. The lowest BCUT2D eigenvalue weighted by atomic mass is 9.86. The number of aromatic nitrogens is 1. The molecule has 1 aliphatic carbocycles. The number of carboxylic acids is 1. The van der Waals surface area contributed by atoms with E-state index in [1.54, 1.807) is 11.3 Å². The molecule has 6 nitrogen and oxygen atoms in total. The van der Waals surface area contributed by atoms with E-state index in [0.717, 1.165) is 24.3 Å². The predicted molar refractivity (Wildman–Crippen MR) is 80.2 cm³/mol. The summed E-state index contributed by atoms with van der Waals surface area (Å²) in [5.41, 5.74) is 0. The topological polar surface area (TPSA) is 91.3 Å². The van der Waals surface area contributed by atoms with Gasteiger partial charge in [-0.1, -0.05) is 13.3 Å². The molecule has 21 heavy (non-hydrogen) atoms. The van der Waals surface area contributed by atoms with Crippen LogP contribution in [0.15, 0.2) is 6.20 Å². The molecule has 0 bridgehead atoms.